The Balaban J connectivity index is 1.49. The largest absolute Gasteiger partial charge is 0.322 e. The Morgan fingerprint density at radius 3 is 3.08 bits per heavy atom. The summed E-state index contributed by atoms with van der Waals surface area (Å²) in [5.74, 6) is 2.37. The van der Waals surface area contributed by atoms with Gasteiger partial charge in [0.05, 0.1) is 12.2 Å². The Morgan fingerprint density at radius 1 is 1.32 bits per heavy atom. The zero-order valence-electron chi connectivity index (χ0n) is 13.8. The van der Waals surface area contributed by atoms with Gasteiger partial charge in [-0.15, -0.1) is 10.2 Å². The van der Waals surface area contributed by atoms with Crippen LogP contribution in [0.4, 0.5) is 10.5 Å². The van der Waals surface area contributed by atoms with Crippen LogP contribution < -0.4 is 5.32 Å². The highest BCUT2D eigenvalue weighted by Crippen LogP contribution is 2.18. The van der Waals surface area contributed by atoms with Crippen molar-refractivity contribution >= 4 is 11.7 Å². The molecule has 0 spiro atoms. The molecule has 3 aromatic heterocycles. The molecule has 0 aliphatic carbocycles. The number of nitrogens with zero attached hydrogens (tertiary/aromatic N) is 7. The lowest BCUT2D eigenvalue weighted by atomic mass is 10.4. The minimum Gasteiger partial charge on any atom is -0.320 e. The molecule has 0 unspecified atom stereocenters. The number of fused-ring (bicyclic) bond motifs is 1. The molecule has 9 heteroatoms. The van der Waals surface area contributed by atoms with Crippen LogP contribution in [0, 0.1) is 0 Å². The molecule has 4 rings (SSSR count). The molecule has 2 amide bonds. The Morgan fingerprint density at radius 2 is 2.24 bits per heavy atom. The smallest absolute Gasteiger partial charge is 0.320 e. The molecule has 0 fully saturated rings. The molecule has 3 aromatic rings. The van der Waals surface area contributed by atoms with Crippen molar-refractivity contribution in [3.8, 4) is 5.82 Å². The van der Waals surface area contributed by atoms with Gasteiger partial charge in [0.25, 0.3) is 0 Å². The molecular formula is C16H18N8O. The minimum absolute atomic E-state index is 0.239. The maximum Gasteiger partial charge on any atom is 0.322 e. The van der Waals surface area contributed by atoms with Gasteiger partial charge in [-0.05, 0) is 24.6 Å². The first-order chi connectivity index (χ1) is 12.2. The predicted octanol–water partition coefficient (Wildman–Crippen LogP) is 1.47. The lowest BCUT2D eigenvalue weighted by Crippen LogP contribution is -2.32. The minimum atomic E-state index is -0.239. The van der Waals surface area contributed by atoms with E-state index in [2.05, 4.69) is 30.2 Å². The van der Waals surface area contributed by atoms with Crippen molar-refractivity contribution in [3.05, 3.63) is 48.4 Å². The van der Waals surface area contributed by atoms with Crippen molar-refractivity contribution in [2.75, 3.05) is 12.4 Å². The van der Waals surface area contributed by atoms with E-state index in [4.69, 9.17) is 0 Å². The standard InChI is InChI=1S/C16H18N8O/c1-22(11-14-21-20-13-6-3-9-23(13)14)16(25)19-12-5-2-7-17-15(12)24-10-4-8-18-24/h2,4-5,7-8,10H,3,6,9,11H2,1H3,(H,19,25). The van der Waals surface area contributed by atoms with E-state index < -0.39 is 0 Å². The van der Waals surface area contributed by atoms with E-state index >= 15 is 0 Å². The second-order valence-electron chi connectivity index (χ2n) is 5.90. The predicted molar refractivity (Wildman–Crippen MR) is 90.2 cm³/mol. The lowest BCUT2D eigenvalue weighted by molar-refractivity contribution is 0.219. The number of nitrogens with one attached hydrogen (secondary N) is 1. The highest BCUT2D eigenvalue weighted by molar-refractivity contribution is 5.90. The molecular weight excluding hydrogens is 320 g/mol. The summed E-state index contributed by atoms with van der Waals surface area (Å²) in [6.45, 7) is 1.31. The second kappa shape index (κ2) is 6.34. The summed E-state index contributed by atoms with van der Waals surface area (Å²) in [6, 6.07) is 5.13. The molecule has 128 valence electrons. The molecule has 0 atom stereocenters. The Labute approximate surface area is 144 Å². The van der Waals surface area contributed by atoms with Crippen LogP contribution in [0.3, 0.4) is 0 Å². The molecule has 1 aliphatic heterocycles. The second-order valence-corrected chi connectivity index (χ2v) is 5.90. The van der Waals surface area contributed by atoms with Crippen LogP contribution in [0.15, 0.2) is 36.8 Å². The van der Waals surface area contributed by atoms with Crippen LogP contribution in [-0.2, 0) is 19.5 Å². The number of aromatic nitrogens is 6. The average Bonchev–Trinajstić information content (AvgIpc) is 3.35. The van der Waals surface area contributed by atoms with Gasteiger partial charge in [0.2, 0.25) is 0 Å². The SMILES string of the molecule is CN(Cc1nnc2n1CCC2)C(=O)Nc1cccnc1-n1cccn1. The fourth-order valence-corrected chi connectivity index (χ4v) is 2.89. The van der Waals surface area contributed by atoms with Gasteiger partial charge in [0.1, 0.15) is 5.82 Å². The van der Waals surface area contributed by atoms with E-state index in [9.17, 15) is 4.79 Å². The average molecular weight is 338 g/mol. The summed E-state index contributed by atoms with van der Waals surface area (Å²) < 4.78 is 3.70. The van der Waals surface area contributed by atoms with Gasteiger partial charge in [-0.3, -0.25) is 0 Å². The van der Waals surface area contributed by atoms with Gasteiger partial charge in [-0.2, -0.15) is 5.10 Å². The van der Waals surface area contributed by atoms with Gasteiger partial charge in [-0.1, -0.05) is 0 Å². The summed E-state index contributed by atoms with van der Waals surface area (Å²) in [5.41, 5.74) is 0.592. The van der Waals surface area contributed by atoms with E-state index in [1.165, 1.54) is 0 Å². The molecule has 0 aromatic carbocycles. The maximum absolute atomic E-state index is 12.6. The van der Waals surface area contributed by atoms with Crippen molar-refractivity contribution in [2.24, 2.45) is 0 Å². The number of urea groups is 1. The molecule has 25 heavy (non-hydrogen) atoms. The molecule has 0 radical (unpaired) electrons. The number of anilines is 1. The van der Waals surface area contributed by atoms with E-state index in [0.29, 0.717) is 18.1 Å². The van der Waals surface area contributed by atoms with Gasteiger partial charge < -0.3 is 14.8 Å². The zero-order chi connectivity index (χ0) is 17.2. The van der Waals surface area contributed by atoms with Crippen LogP contribution >= 0.6 is 0 Å². The van der Waals surface area contributed by atoms with Crippen molar-refractivity contribution in [3.63, 3.8) is 0 Å². The van der Waals surface area contributed by atoms with Crippen molar-refractivity contribution in [1.29, 1.82) is 0 Å². The number of rotatable bonds is 4. The van der Waals surface area contributed by atoms with Crippen LogP contribution in [0.2, 0.25) is 0 Å². The van der Waals surface area contributed by atoms with Crippen LogP contribution in [-0.4, -0.2) is 47.5 Å². The van der Waals surface area contributed by atoms with E-state index in [-0.39, 0.29) is 6.03 Å². The molecule has 0 saturated heterocycles. The van der Waals surface area contributed by atoms with Crippen LogP contribution in [0.5, 0.6) is 0 Å². The highest BCUT2D eigenvalue weighted by Gasteiger charge is 2.20. The van der Waals surface area contributed by atoms with Gasteiger partial charge >= 0.3 is 6.03 Å². The van der Waals surface area contributed by atoms with Gasteiger partial charge in [0, 0.05) is 38.6 Å². The highest BCUT2D eigenvalue weighted by atomic mass is 16.2. The van der Waals surface area contributed by atoms with E-state index in [1.54, 1.807) is 53.4 Å². The summed E-state index contributed by atoms with van der Waals surface area (Å²) in [4.78, 5) is 18.4. The van der Waals surface area contributed by atoms with E-state index in [0.717, 1.165) is 31.0 Å². The Kier molecular flexibility index (Phi) is 3.88. The van der Waals surface area contributed by atoms with Crippen molar-refractivity contribution in [2.45, 2.75) is 25.9 Å². The monoisotopic (exact) mass is 338 g/mol. The number of carbonyl (C=O) groups excluding carboxylic acids is 1. The zero-order valence-corrected chi connectivity index (χ0v) is 13.8. The summed E-state index contributed by atoms with van der Waals surface area (Å²) in [5, 5.41) is 15.4. The summed E-state index contributed by atoms with van der Waals surface area (Å²) in [6.07, 6.45) is 7.14. The Hall–Kier alpha value is -3.23. The number of aryl methyl sites for hydroxylation is 1. The molecule has 0 saturated carbocycles. The molecule has 9 nitrogen and oxygen atoms in total. The van der Waals surface area contributed by atoms with Crippen LogP contribution in [0.25, 0.3) is 5.82 Å². The number of amides is 2. The first-order valence-electron chi connectivity index (χ1n) is 8.10. The van der Waals surface area contributed by atoms with Gasteiger partial charge in [0.15, 0.2) is 11.6 Å². The molecule has 1 aliphatic rings. The fourth-order valence-electron chi connectivity index (χ4n) is 2.89. The summed E-state index contributed by atoms with van der Waals surface area (Å²) in [7, 11) is 1.73. The number of carbonyl (C=O) groups is 1. The topological polar surface area (TPSA) is 93.8 Å². The van der Waals surface area contributed by atoms with Crippen molar-refractivity contribution < 1.29 is 4.79 Å². The normalized spacial score (nSPS) is 12.8. The quantitative estimate of drug-likeness (QED) is 0.777. The van der Waals surface area contributed by atoms with Crippen LogP contribution in [0.1, 0.15) is 18.1 Å². The van der Waals surface area contributed by atoms with Crippen molar-refractivity contribution in [1.82, 2.24) is 34.4 Å². The Bertz CT molecular complexity index is 885. The molecule has 1 N–H and O–H groups in total. The summed E-state index contributed by atoms with van der Waals surface area (Å²) >= 11 is 0. The molecule has 0 bridgehead atoms. The third-order valence-corrected chi connectivity index (χ3v) is 4.16. The van der Waals surface area contributed by atoms with E-state index in [1.807, 2.05) is 0 Å². The fraction of sp³-hybridized carbons (Fsp3) is 0.312. The first-order valence-corrected chi connectivity index (χ1v) is 8.10. The van der Waals surface area contributed by atoms with Gasteiger partial charge in [-0.25, -0.2) is 14.5 Å². The molecule has 4 heterocycles. The number of hydrogen-bond donors (Lipinski definition) is 1. The number of pyridine rings is 1. The third kappa shape index (κ3) is 2.95. The lowest BCUT2D eigenvalue weighted by Gasteiger charge is -2.18. The maximum atomic E-state index is 12.6. The number of hydrogen-bond acceptors (Lipinski definition) is 5. The third-order valence-electron chi connectivity index (χ3n) is 4.16. The first kappa shape index (κ1) is 15.3.